The van der Waals surface area contributed by atoms with Crippen LogP contribution in [0.5, 0.6) is 0 Å². The van der Waals surface area contributed by atoms with Crippen molar-refractivity contribution in [1.29, 1.82) is 0 Å². The van der Waals surface area contributed by atoms with Gasteiger partial charge in [-0.2, -0.15) is 0 Å². The lowest BCUT2D eigenvalue weighted by Crippen LogP contribution is -2.54. The van der Waals surface area contributed by atoms with E-state index >= 15 is 0 Å². The van der Waals surface area contributed by atoms with Crippen LogP contribution in [0.2, 0.25) is 0 Å². The van der Waals surface area contributed by atoms with Gasteiger partial charge in [0.25, 0.3) is 0 Å². The third-order valence-electron chi connectivity index (χ3n) is 5.62. The van der Waals surface area contributed by atoms with Crippen molar-refractivity contribution >= 4 is 17.7 Å². The van der Waals surface area contributed by atoms with E-state index in [2.05, 4.69) is 0 Å². The molecule has 0 saturated carbocycles. The van der Waals surface area contributed by atoms with Gasteiger partial charge in [0.1, 0.15) is 11.2 Å². The second-order valence-corrected chi connectivity index (χ2v) is 12.1. The van der Waals surface area contributed by atoms with E-state index in [0.29, 0.717) is 24.3 Å². The molecule has 1 aliphatic carbocycles. The summed E-state index contributed by atoms with van der Waals surface area (Å²) in [6, 6.07) is 7.22. The molecule has 1 fully saturated rings. The van der Waals surface area contributed by atoms with Gasteiger partial charge in [0.2, 0.25) is 11.5 Å². The molecule has 8 nitrogen and oxygen atoms in total. The van der Waals surface area contributed by atoms with Crippen molar-refractivity contribution in [2.75, 3.05) is 19.8 Å². The first-order valence-corrected chi connectivity index (χ1v) is 12.2. The minimum absolute atomic E-state index is 0.0724. The molecule has 0 bridgehead atoms. The molecule has 2 aliphatic rings. The van der Waals surface area contributed by atoms with Gasteiger partial charge in [-0.3, -0.25) is 4.79 Å². The molecule has 198 valence electrons. The summed E-state index contributed by atoms with van der Waals surface area (Å²) in [6.45, 7) is 15.1. The first-order chi connectivity index (χ1) is 16.5. The van der Waals surface area contributed by atoms with E-state index in [9.17, 15) is 14.4 Å². The Bertz CT molecular complexity index is 1030. The van der Waals surface area contributed by atoms with Crippen molar-refractivity contribution in [2.45, 2.75) is 78.8 Å². The van der Waals surface area contributed by atoms with Crippen molar-refractivity contribution in [3.05, 3.63) is 47.2 Å². The largest absolute Gasteiger partial charge is 0.486 e. The fourth-order valence-electron chi connectivity index (χ4n) is 4.08. The molecule has 1 atom stereocenters. The average Bonchev–Trinajstić information content (AvgIpc) is 2.73. The molecule has 1 aromatic rings. The van der Waals surface area contributed by atoms with Gasteiger partial charge in [-0.25, -0.2) is 9.59 Å². The number of fused-ring (bicyclic) bond motifs is 2. The van der Waals surface area contributed by atoms with Crippen molar-refractivity contribution in [1.82, 2.24) is 0 Å². The Morgan fingerprint density at radius 2 is 1.58 bits per heavy atom. The molecule has 1 saturated heterocycles. The Morgan fingerprint density at radius 3 is 2.17 bits per heavy atom. The number of esters is 2. The van der Waals surface area contributed by atoms with Crippen LogP contribution in [0.1, 0.15) is 77.7 Å². The highest BCUT2D eigenvalue weighted by Crippen LogP contribution is 2.48. The average molecular weight is 503 g/mol. The lowest BCUT2D eigenvalue weighted by molar-refractivity contribution is -0.337. The Hall–Kier alpha value is -2.71. The first kappa shape index (κ1) is 27.9. The minimum atomic E-state index is -1.22. The fraction of sp³-hybridized carbons (Fsp3) is 0.607. The maximum absolute atomic E-state index is 13.0. The molecule has 1 aliphatic heterocycles. The van der Waals surface area contributed by atoms with Gasteiger partial charge >= 0.3 is 11.9 Å². The summed E-state index contributed by atoms with van der Waals surface area (Å²) in [5, 5.41) is 0. The summed E-state index contributed by atoms with van der Waals surface area (Å²) in [4.78, 5) is 38.4. The highest BCUT2D eigenvalue weighted by Gasteiger charge is 2.53. The highest BCUT2D eigenvalue weighted by atomic mass is 16.7. The van der Waals surface area contributed by atoms with Crippen LogP contribution in [-0.2, 0) is 39.1 Å². The SMILES string of the molecule is CC1(C)COC2(OC1)c1ccccc1C(=O)CC2CO/C(=C/C(=O)OC(C)(C)C)C(=O)OC(C)(C)C. The number of benzene rings is 1. The molecule has 36 heavy (non-hydrogen) atoms. The van der Waals surface area contributed by atoms with Gasteiger partial charge in [0, 0.05) is 23.0 Å². The van der Waals surface area contributed by atoms with Crippen molar-refractivity contribution < 1.29 is 38.1 Å². The third-order valence-corrected chi connectivity index (χ3v) is 5.62. The summed E-state index contributed by atoms with van der Waals surface area (Å²) >= 11 is 0. The van der Waals surface area contributed by atoms with E-state index in [1.54, 1.807) is 53.7 Å². The number of rotatable bonds is 5. The Balaban J connectivity index is 1.92. The lowest BCUT2D eigenvalue weighted by Gasteiger charge is -2.49. The summed E-state index contributed by atoms with van der Waals surface area (Å²) in [7, 11) is 0. The minimum Gasteiger partial charge on any atom is -0.486 e. The molecule has 1 aromatic carbocycles. The Morgan fingerprint density at radius 1 is 1.00 bits per heavy atom. The normalized spacial score (nSPS) is 21.5. The van der Waals surface area contributed by atoms with Crippen LogP contribution < -0.4 is 0 Å². The lowest BCUT2D eigenvalue weighted by atomic mass is 9.76. The number of ketones is 1. The fourth-order valence-corrected chi connectivity index (χ4v) is 4.08. The van der Waals surface area contributed by atoms with Crippen LogP contribution in [0.15, 0.2) is 36.1 Å². The van der Waals surface area contributed by atoms with Crippen LogP contribution in [0.4, 0.5) is 0 Å². The van der Waals surface area contributed by atoms with Crippen molar-refractivity contribution in [3.63, 3.8) is 0 Å². The van der Waals surface area contributed by atoms with Crippen LogP contribution in [0, 0.1) is 11.3 Å². The Labute approximate surface area is 213 Å². The molecule has 1 heterocycles. The van der Waals surface area contributed by atoms with Gasteiger partial charge in [-0.05, 0) is 41.5 Å². The zero-order valence-corrected chi connectivity index (χ0v) is 22.6. The predicted molar refractivity (Wildman–Crippen MR) is 132 cm³/mol. The number of Topliss-reactive ketones (excluding diaryl/α,β-unsaturated/α-hetero) is 1. The monoisotopic (exact) mass is 502 g/mol. The second-order valence-electron chi connectivity index (χ2n) is 12.1. The summed E-state index contributed by atoms with van der Waals surface area (Å²) in [5.74, 6) is -3.72. The van der Waals surface area contributed by atoms with Crippen LogP contribution >= 0.6 is 0 Å². The van der Waals surface area contributed by atoms with E-state index < -0.39 is 34.8 Å². The maximum Gasteiger partial charge on any atom is 0.374 e. The second kappa shape index (κ2) is 9.98. The highest BCUT2D eigenvalue weighted by molar-refractivity contribution is 5.99. The summed E-state index contributed by atoms with van der Waals surface area (Å²) < 4.78 is 29.4. The molecule has 0 amide bonds. The van der Waals surface area contributed by atoms with E-state index in [1.165, 1.54) is 0 Å². The summed E-state index contributed by atoms with van der Waals surface area (Å²) in [5.41, 5.74) is -0.585. The molecule has 0 aromatic heterocycles. The molecule has 1 unspecified atom stereocenters. The van der Waals surface area contributed by atoms with Gasteiger partial charge in [-0.1, -0.05) is 38.1 Å². The smallest absolute Gasteiger partial charge is 0.374 e. The number of carbonyl (C=O) groups is 3. The van der Waals surface area contributed by atoms with Gasteiger partial charge in [-0.15, -0.1) is 0 Å². The zero-order valence-electron chi connectivity index (χ0n) is 22.6. The van der Waals surface area contributed by atoms with Crippen LogP contribution in [0.3, 0.4) is 0 Å². The molecule has 0 N–H and O–H groups in total. The predicted octanol–water partition coefficient (Wildman–Crippen LogP) is 4.70. The maximum atomic E-state index is 13.0. The number of hydrogen-bond acceptors (Lipinski definition) is 8. The van der Waals surface area contributed by atoms with E-state index in [0.717, 1.165) is 6.08 Å². The molecule has 8 heteroatoms. The third kappa shape index (κ3) is 6.73. The van der Waals surface area contributed by atoms with Gasteiger partial charge in [0.15, 0.2) is 5.78 Å². The zero-order chi connectivity index (χ0) is 26.9. The van der Waals surface area contributed by atoms with Crippen LogP contribution in [0.25, 0.3) is 0 Å². The summed E-state index contributed by atoms with van der Waals surface area (Å²) in [6.07, 6.45) is 1.07. The molecular weight excluding hydrogens is 464 g/mol. The van der Waals surface area contributed by atoms with Crippen molar-refractivity contribution in [3.8, 4) is 0 Å². The topological polar surface area (TPSA) is 97.4 Å². The molecule has 3 rings (SSSR count). The van der Waals surface area contributed by atoms with E-state index in [4.69, 9.17) is 23.7 Å². The standard InChI is InChI=1S/C28H38O8/c1-25(2,3)35-23(30)14-22(24(31)36-26(4,5)6)32-15-18-13-21(29)19-11-9-10-12-20(19)28(18)33-16-27(7,8)17-34-28/h9-12,14,18H,13,15-17H2,1-8H3/b22-14+. The quantitative estimate of drug-likeness (QED) is 0.325. The van der Waals surface area contributed by atoms with Crippen molar-refractivity contribution in [2.24, 2.45) is 11.3 Å². The van der Waals surface area contributed by atoms with Gasteiger partial charge < -0.3 is 23.7 Å². The molecular formula is C28H38O8. The van der Waals surface area contributed by atoms with Crippen LogP contribution in [-0.4, -0.2) is 48.7 Å². The number of ether oxygens (including phenoxy) is 5. The first-order valence-electron chi connectivity index (χ1n) is 12.2. The number of hydrogen-bond donors (Lipinski definition) is 0. The van der Waals surface area contributed by atoms with E-state index in [1.807, 2.05) is 26.0 Å². The molecule has 1 spiro atoms. The molecule has 0 radical (unpaired) electrons. The van der Waals surface area contributed by atoms with Gasteiger partial charge in [0.05, 0.1) is 31.8 Å². The Kier molecular flexibility index (Phi) is 7.72. The number of carbonyl (C=O) groups excluding carboxylic acids is 3. The van der Waals surface area contributed by atoms with E-state index in [-0.39, 0.29) is 30.0 Å².